The van der Waals surface area contributed by atoms with Crippen molar-refractivity contribution in [3.05, 3.63) is 53.6 Å². The Morgan fingerprint density at radius 1 is 1.29 bits per heavy atom. The highest BCUT2D eigenvalue weighted by Crippen LogP contribution is 2.25. The quantitative estimate of drug-likeness (QED) is 0.864. The maximum Gasteiger partial charge on any atom is 0.335 e. The topological polar surface area (TPSA) is 50.2 Å². The minimum atomic E-state index is -1.14. The van der Waals surface area contributed by atoms with Crippen molar-refractivity contribution < 1.29 is 14.3 Å². The fourth-order valence-corrected chi connectivity index (χ4v) is 1.61. The molecule has 1 N–H and O–H groups in total. The average Bonchev–Trinajstić information content (AvgIpc) is 2.30. The van der Waals surface area contributed by atoms with Crippen LogP contribution < -0.4 is 0 Å². The minimum absolute atomic E-state index is 0.0622. The first kappa shape index (κ1) is 11.3. The van der Waals surface area contributed by atoms with Gasteiger partial charge in [-0.15, -0.1) is 0 Å². The van der Waals surface area contributed by atoms with Gasteiger partial charge in [-0.2, -0.15) is 0 Å². The number of aromatic carboxylic acids is 1. The Labute approximate surface area is 97.6 Å². The first-order chi connectivity index (χ1) is 8.09. The maximum absolute atomic E-state index is 13.8. The molecule has 0 amide bonds. The Morgan fingerprint density at radius 3 is 2.65 bits per heavy atom. The Bertz CT molecular complexity index is 581. The number of aromatic nitrogens is 1. The normalized spacial score (nSPS) is 10.2. The molecule has 0 aliphatic heterocycles. The van der Waals surface area contributed by atoms with Gasteiger partial charge >= 0.3 is 5.97 Å². The largest absolute Gasteiger partial charge is 0.478 e. The molecule has 2 rings (SSSR count). The molecule has 0 fully saturated rings. The van der Waals surface area contributed by atoms with E-state index >= 15 is 0 Å². The van der Waals surface area contributed by atoms with Crippen LogP contribution >= 0.6 is 0 Å². The second-order valence-electron chi connectivity index (χ2n) is 3.69. The van der Waals surface area contributed by atoms with Crippen molar-refractivity contribution in [2.45, 2.75) is 6.92 Å². The van der Waals surface area contributed by atoms with Crippen LogP contribution in [-0.4, -0.2) is 16.1 Å². The molecule has 0 bridgehead atoms. The highest BCUT2D eigenvalue weighted by atomic mass is 19.1. The molecule has 17 heavy (non-hydrogen) atoms. The molecular formula is C13H10FNO2. The van der Waals surface area contributed by atoms with Crippen LogP contribution in [0.25, 0.3) is 11.1 Å². The minimum Gasteiger partial charge on any atom is -0.478 e. The van der Waals surface area contributed by atoms with Gasteiger partial charge in [0.25, 0.3) is 0 Å². The van der Waals surface area contributed by atoms with Gasteiger partial charge in [0.2, 0.25) is 0 Å². The number of carboxylic acid groups (broad SMARTS) is 1. The summed E-state index contributed by atoms with van der Waals surface area (Å²) in [5.74, 6) is -1.70. The monoisotopic (exact) mass is 231 g/mol. The van der Waals surface area contributed by atoms with E-state index in [4.69, 9.17) is 5.11 Å². The molecule has 0 aliphatic rings. The molecule has 1 aromatic carbocycles. The number of carboxylic acids is 1. The molecule has 0 unspecified atom stereocenters. The summed E-state index contributed by atoms with van der Waals surface area (Å²) in [6.07, 6.45) is 3.19. The van der Waals surface area contributed by atoms with E-state index in [0.717, 1.165) is 11.6 Å². The van der Waals surface area contributed by atoms with E-state index in [1.165, 1.54) is 12.1 Å². The number of aryl methyl sites for hydroxylation is 1. The zero-order chi connectivity index (χ0) is 12.4. The van der Waals surface area contributed by atoms with Gasteiger partial charge in [0.15, 0.2) is 0 Å². The third kappa shape index (κ3) is 2.15. The summed E-state index contributed by atoms with van der Waals surface area (Å²) in [7, 11) is 0. The number of nitrogens with zero attached hydrogens (tertiary/aromatic N) is 1. The van der Waals surface area contributed by atoms with Crippen LogP contribution in [0.2, 0.25) is 0 Å². The molecule has 0 aliphatic carbocycles. The molecule has 3 nitrogen and oxygen atoms in total. The molecule has 1 aromatic heterocycles. The first-order valence-corrected chi connectivity index (χ1v) is 5.03. The van der Waals surface area contributed by atoms with Crippen LogP contribution in [0, 0.1) is 12.7 Å². The van der Waals surface area contributed by atoms with E-state index in [9.17, 15) is 9.18 Å². The predicted molar refractivity (Wildman–Crippen MR) is 61.3 cm³/mol. The summed E-state index contributed by atoms with van der Waals surface area (Å²) >= 11 is 0. The summed E-state index contributed by atoms with van der Waals surface area (Å²) in [4.78, 5) is 14.6. The molecule has 0 spiro atoms. The SMILES string of the molecule is Cc1ccncc1-c1ccc(C(=O)O)cc1F. The van der Waals surface area contributed by atoms with Gasteiger partial charge in [0, 0.05) is 23.5 Å². The lowest BCUT2D eigenvalue weighted by atomic mass is 10.0. The fraction of sp³-hybridized carbons (Fsp3) is 0.0769. The molecule has 0 saturated heterocycles. The zero-order valence-corrected chi connectivity index (χ0v) is 9.14. The van der Waals surface area contributed by atoms with Gasteiger partial charge in [0.1, 0.15) is 5.82 Å². The highest BCUT2D eigenvalue weighted by molar-refractivity contribution is 5.88. The molecular weight excluding hydrogens is 221 g/mol. The fourth-order valence-electron chi connectivity index (χ4n) is 1.61. The Balaban J connectivity index is 2.55. The summed E-state index contributed by atoms with van der Waals surface area (Å²) in [5, 5.41) is 8.75. The molecule has 0 saturated carbocycles. The summed E-state index contributed by atoms with van der Waals surface area (Å²) < 4.78 is 13.8. The van der Waals surface area contributed by atoms with Crippen LogP contribution in [-0.2, 0) is 0 Å². The summed E-state index contributed by atoms with van der Waals surface area (Å²) in [6.45, 7) is 1.85. The lowest BCUT2D eigenvalue weighted by molar-refractivity contribution is 0.0696. The van der Waals surface area contributed by atoms with Gasteiger partial charge in [-0.1, -0.05) is 6.07 Å². The van der Waals surface area contributed by atoms with E-state index in [-0.39, 0.29) is 5.56 Å². The van der Waals surface area contributed by atoms with Gasteiger partial charge < -0.3 is 5.11 Å². The second kappa shape index (κ2) is 4.33. The van der Waals surface area contributed by atoms with Gasteiger partial charge in [0.05, 0.1) is 5.56 Å². The van der Waals surface area contributed by atoms with Crippen molar-refractivity contribution in [1.29, 1.82) is 0 Å². The van der Waals surface area contributed by atoms with E-state index in [1.807, 2.05) is 6.92 Å². The van der Waals surface area contributed by atoms with E-state index in [1.54, 1.807) is 18.5 Å². The molecule has 0 atom stereocenters. The molecule has 2 aromatic rings. The number of rotatable bonds is 2. The maximum atomic E-state index is 13.8. The Morgan fingerprint density at radius 2 is 2.06 bits per heavy atom. The van der Waals surface area contributed by atoms with Crippen molar-refractivity contribution in [2.75, 3.05) is 0 Å². The van der Waals surface area contributed by atoms with E-state index in [2.05, 4.69) is 4.98 Å². The van der Waals surface area contributed by atoms with Crippen LogP contribution in [0.4, 0.5) is 4.39 Å². The van der Waals surface area contributed by atoms with Crippen molar-refractivity contribution in [1.82, 2.24) is 4.98 Å². The molecule has 86 valence electrons. The lowest BCUT2D eigenvalue weighted by Gasteiger charge is -2.06. The summed E-state index contributed by atoms with van der Waals surface area (Å²) in [6, 6.07) is 5.64. The van der Waals surface area contributed by atoms with Crippen LogP contribution in [0.1, 0.15) is 15.9 Å². The van der Waals surface area contributed by atoms with Crippen molar-refractivity contribution in [2.24, 2.45) is 0 Å². The van der Waals surface area contributed by atoms with Crippen molar-refractivity contribution in [3.8, 4) is 11.1 Å². The second-order valence-corrected chi connectivity index (χ2v) is 3.69. The van der Waals surface area contributed by atoms with Gasteiger partial charge in [-0.3, -0.25) is 4.98 Å². The summed E-state index contributed by atoms with van der Waals surface area (Å²) in [5.41, 5.74) is 1.86. The number of pyridine rings is 1. The lowest BCUT2D eigenvalue weighted by Crippen LogP contribution is -1.98. The Kier molecular flexibility index (Phi) is 2.87. The molecule has 4 heteroatoms. The zero-order valence-electron chi connectivity index (χ0n) is 9.14. The molecule has 1 heterocycles. The smallest absolute Gasteiger partial charge is 0.335 e. The molecule has 0 radical (unpaired) electrons. The predicted octanol–water partition coefficient (Wildman–Crippen LogP) is 2.89. The van der Waals surface area contributed by atoms with Crippen molar-refractivity contribution in [3.63, 3.8) is 0 Å². The number of benzene rings is 1. The van der Waals surface area contributed by atoms with E-state index in [0.29, 0.717) is 11.1 Å². The number of halogens is 1. The number of carbonyl (C=O) groups is 1. The highest BCUT2D eigenvalue weighted by Gasteiger charge is 2.11. The van der Waals surface area contributed by atoms with Crippen LogP contribution in [0.5, 0.6) is 0 Å². The number of hydrogen-bond acceptors (Lipinski definition) is 2. The van der Waals surface area contributed by atoms with Crippen LogP contribution in [0.15, 0.2) is 36.7 Å². The average molecular weight is 231 g/mol. The van der Waals surface area contributed by atoms with Gasteiger partial charge in [-0.05, 0) is 30.7 Å². The van der Waals surface area contributed by atoms with E-state index < -0.39 is 11.8 Å². The third-order valence-electron chi connectivity index (χ3n) is 2.55. The number of hydrogen-bond donors (Lipinski definition) is 1. The third-order valence-corrected chi connectivity index (χ3v) is 2.55. The first-order valence-electron chi connectivity index (χ1n) is 5.03. The Hall–Kier alpha value is -2.23. The van der Waals surface area contributed by atoms with Gasteiger partial charge in [-0.25, -0.2) is 9.18 Å². The van der Waals surface area contributed by atoms with Crippen LogP contribution in [0.3, 0.4) is 0 Å². The van der Waals surface area contributed by atoms with Crippen molar-refractivity contribution >= 4 is 5.97 Å². The standard InChI is InChI=1S/C13H10FNO2/c1-8-4-5-15-7-11(8)10-3-2-9(13(16)17)6-12(10)14/h2-7H,1H3,(H,16,17).